The third-order valence-corrected chi connectivity index (χ3v) is 7.48. The van der Waals surface area contributed by atoms with Crippen molar-refractivity contribution in [3.05, 3.63) is 51.9 Å². The van der Waals surface area contributed by atoms with Gasteiger partial charge >= 0.3 is 0 Å². The lowest BCUT2D eigenvalue weighted by molar-refractivity contribution is 0.0955. The van der Waals surface area contributed by atoms with Crippen LogP contribution >= 0.6 is 11.3 Å². The Kier molecular flexibility index (Phi) is 6.14. The van der Waals surface area contributed by atoms with Gasteiger partial charge in [0.05, 0.1) is 6.67 Å². The number of anilines is 1. The van der Waals surface area contributed by atoms with Crippen molar-refractivity contribution in [1.82, 2.24) is 9.80 Å². The zero-order valence-electron chi connectivity index (χ0n) is 17.1. The molecule has 5 heteroatoms. The molecule has 0 bridgehead atoms. The first-order chi connectivity index (χ1) is 13.7. The van der Waals surface area contributed by atoms with E-state index in [1.165, 1.54) is 41.1 Å². The van der Waals surface area contributed by atoms with Crippen LogP contribution in [0, 0.1) is 0 Å². The maximum atomic E-state index is 13.4. The molecule has 4 rings (SSSR count). The van der Waals surface area contributed by atoms with Gasteiger partial charge in [0.25, 0.3) is 5.91 Å². The van der Waals surface area contributed by atoms with Crippen LogP contribution in [0.15, 0.2) is 30.3 Å². The third kappa shape index (κ3) is 3.88. The van der Waals surface area contributed by atoms with Gasteiger partial charge in [0.2, 0.25) is 0 Å². The molecule has 0 saturated carbocycles. The number of amides is 1. The second-order valence-electron chi connectivity index (χ2n) is 7.81. The molecule has 2 aromatic rings. The average Bonchev–Trinajstić information content (AvgIpc) is 3.13. The average molecular weight is 398 g/mol. The summed E-state index contributed by atoms with van der Waals surface area (Å²) in [6.45, 7) is 10.3. The molecule has 0 saturated heterocycles. The Hall–Kier alpha value is -1.69. The normalized spacial score (nSPS) is 16.9. The van der Waals surface area contributed by atoms with Crippen molar-refractivity contribution < 1.29 is 4.79 Å². The molecule has 0 radical (unpaired) electrons. The van der Waals surface area contributed by atoms with Crippen LogP contribution in [-0.2, 0) is 19.4 Å². The van der Waals surface area contributed by atoms with E-state index in [-0.39, 0.29) is 5.91 Å². The van der Waals surface area contributed by atoms with E-state index in [1.54, 1.807) is 5.56 Å². The van der Waals surface area contributed by atoms with Crippen LogP contribution in [0.25, 0.3) is 0 Å². The molecule has 1 amide bonds. The summed E-state index contributed by atoms with van der Waals surface area (Å²) in [6.07, 6.45) is 4.92. The van der Waals surface area contributed by atoms with E-state index >= 15 is 0 Å². The van der Waals surface area contributed by atoms with Crippen molar-refractivity contribution in [2.45, 2.75) is 46.1 Å². The molecule has 1 aliphatic carbocycles. The number of thiophene rings is 1. The minimum absolute atomic E-state index is 0.132. The van der Waals surface area contributed by atoms with Gasteiger partial charge in [0.15, 0.2) is 0 Å². The summed E-state index contributed by atoms with van der Waals surface area (Å²) in [5.74, 6) is 0.132. The van der Waals surface area contributed by atoms with Crippen molar-refractivity contribution in [3.8, 4) is 0 Å². The van der Waals surface area contributed by atoms with E-state index in [0.717, 1.165) is 38.3 Å². The molecule has 0 N–H and O–H groups in total. The molecular formula is C23H31N3OS. The van der Waals surface area contributed by atoms with Gasteiger partial charge in [-0.25, -0.2) is 0 Å². The van der Waals surface area contributed by atoms with Gasteiger partial charge in [-0.15, -0.1) is 11.3 Å². The Morgan fingerprint density at radius 2 is 1.82 bits per heavy atom. The quantitative estimate of drug-likeness (QED) is 0.723. The summed E-state index contributed by atoms with van der Waals surface area (Å²) >= 11 is 1.87. The van der Waals surface area contributed by atoms with Gasteiger partial charge in [0.1, 0.15) is 5.00 Å². The monoisotopic (exact) mass is 397 g/mol. The molecule has 28 heavy (non-hydrogen) atoms. The topological polar surface area (TPSA) is 26.8 Å². The molecule has 1 aromatic carbocycles. The Labute approximate surface area is 172 Å². The fraction of sp³-hybridized carbons (Fsp3) is 0.522. The highest BCUT2D eigenvalue weighted by Crippen LogP contribution is 2.43. The van der Waals surface area contributed by atoms with Gasteiger partial charge < -0.3 is 4.90 Å². The molecule has 2 aliphatic rings. The number of likely N-dealkylation sites (N-methyl/N-ethyl adjacent to an activating group) is 1. The first kappa shape index (κ1) is 19.6. The first-order valence-electron chi connectivity index (χ1n) is 10.7. The van der Waals surface area contributed by atoms with Crippen molar-refractivity contribution in [2.24, 2.45) is 0 Å². The largest absolute Gasteiger partial charge is 0.303 e. The highest BCUT2D eigenvalue weighted by molar-refractivity contribution is 7.16. The molecule has 4 nitrogen and oxygen atoms in total. The van der Waals surface area contributed by atoms with Crippen LogP contribution in [0.5, 0.6) is 0 Å². The summed E-state index contributed by atoms with van der Waals surface area (Å²) in [4.78, 5) is 21.9. The Bertz CT molecular complexity index is 813. The summed E-state index contributed by atoms with van der Waals surface area (Å²) < 4.78 is 0. The lowest BCUT2D eigenvalue weighted by atomic mass is 9.94. The van der Waals surface area contributed by atoms with E-state index in [2.05, 4.69) is 23.6 Å². The number of carbonyl (C=O) groups is 1. The van der Waals surface area contributed by atoms with Crippen LogP contribution in [0.4, 0.5) is 5.00 Å². The predicted octanol–water partition coefficient (Wildman–Crippen LogP) is 4.39. The number of hydrogen-bond donors (Lipinski definition) is 0. The third-order valence-electron chi connectivity index (χ3n) is 6.12. The Morgan fingerprint density at radius 3 is 2.57 bits per heavy atom. The number of carbonyl (C=O) groups excluding carboxylic acids is 1. The lowest BCUT2D eigenvalue weighted by Gasteiger charge is -2.36. The SMILES string of the molecule is CCN(CC)CCN1Cc2c(sc3c2CCCC3)N(C(=O)c2ccccc2)C1. The molecule has 0 atom stereocenters. The molecule has 1 aromatic heterocycles. The summed E-state index contributed by atoms with van der Waals surface area (Å²) in [6, 6.07) is 9.75. The van der Waals surface area contributed by atoms with E-state index in [4.69, 9.17) is 0 Å². The van der Waals surface area contributed by atoms with Crippen molar-refractivity contribution >= 4 is 22.2 Å². The Balaban J connectivity index is 1.63. The highest BCUT2D eigenvalue weighted by atomic mass is 32.1. The molecule has 0 fully saturated rings. The van der Waals surface area contributed by atoms with Gasteiger partial charge in [-0.3, -0.25) is 14.6 Å². The fourth-order valence-corrected chi connectivity index (χ4v) is 5.79. The van der Waals surface area contributed by atoms with E-state index in [9.17, 15) is 4.79 Å². The van der Waals surface area contributed by atoms with Crippen LogP contribution in [0.2, 0.25) is 0 Å². The number of aryl methyl sites for hydroxylation is 1. The van der Waals surface area contributed by atoms with Crippen LogP contribution < -0.4 is 4.90 Å². The number of benzene rings is 1. The molecular weight excluding hydrogens is 366 g/mol. The number of hydrogen-bond acceptors (Lipinski definition) is 4. The van der Waals surface area contributed by atoms with Crippen LogP contribution in [0.3, 0.4) is 0 Å². The van der Waals surface area contributed by atoms with Gasteiger partial charge in [-0.1, -0.05) is 32.0 Å². The minimum Gasteiger partial charge on any atom is -0.303 e. The second-order valence-corrected chi connectivity index (χ2v) is 8.90. The van der Waals surface area contributed by atoms with Gasteiger partial charge in [-0.05, 0) is 56.5 Å². The molecule has 1 aliphatic heterocycles. The van der Waals surface area contributed by atoms with Crippen LogP contribution in [0.1, 0.15) is 53.1 Å². The van der Waals surface area contributed by atoms with Crippen LogP contribution in [-0.4, -0.2) is 48.6 Å². The van der Waals surface area contributed by atoms with Crippen molar-refractivity contribution in [2.75, 3.05) is 37.7 Å². The smallest absolute Gasteiger partial charge is 0.260 e. The van der Waals surface area contributed by atoms with Gasteiger partial charge in [-0.2, -0.15) is 0 Å². The highest BCUT2D eigenvalue weighted by Gasteiger charge is 2.33. The summed E-state index contributed by atoms with van der Waals surface area (Å²) in [5, 5.41) is 1.21. The van der Waals surface area contributed by atoms with Crippen molar-refractivity contribution in [3.63, 3.8) is 0 Å². The summed E-state index contributed by atoms with van der Waals surface area (Å²) in [7, 11) is 0. The maximum Gasteiger partial charge on any atom is 0.260 e. The van der Waals surface area contributed by atoms with Gasteiger partial charge in [0, 0.05) is 35.6 Å². The molecule has 0 unspecified atom stereocenters. The zero-order chi connectivity index (χ0) is 19.5. The van der Waals surface area contributed by atoms with E-state index in [0.29, 0.717) is 6.67 Å². The Morgan fingerprint density at radius 1 is 1.07 bits per heavy atom. The number of nitrogens with zero attached hydrogens (tertiary/aromatic N) is 3. The van der Waals surface area contributed by atoms with E-state index in [1.807, 2.05) is 46.6 Å². The predicted molar refractivity (Wildman–Crippen MR) is 117 cm³/mol. The number of rotatable bonds is 6. The second kappa shape index (κ2) is 8.76. The molecule has 0 spiro atoms. The molecule has 150 valence electrons. The lowest BCUT2D eigenvalue weighted by Crippen LogP contribution is -2.47. The summed E-state index contributed by atoms with van der Waals surface area (Å²) in [5.41, 5.74) is 3.75. The minimum atomic E-state index is 0.132. The standard InChI is InChI=1S/C23H31N3OS/c1-3-24(4-2)14-15-25-16-20-19-12-8-9-13-21(19)28-23(20)26(17-25)22(27)18-10-6-5-7-11-18/h5-7,10-11H,3-4,8-9,12-17H2,1-2H3. The number of fused-ring (bicyclic) bond motifs is 3. The zero-order valence-corrected chi connectivity index (χ0v) is 17.9. The van der Waals surface area contributed by atoms with E-state index < -0.39 is 0 Å². The fourth-order valence-electron chi connectivity index (χ4n) is 4.40. The molecule has 2 heterocycles. The van der Waals surface area contributed by atoms with Crippen molar-refractivity contribution in [1.29, 1.82) is 0 Å². The first-order valence-corrected chi connectivity index (χ1v) is 11.5. The maximum absolute atomic E-state index is 13.4.